The minimum Gasteiger partial charge on any atom is -0.322 e. The summed E-state index contributed by atoms with van der Waals surface area (Å²) in [5, 5.41) is 5.17. The molecule has 1 aliphatic heterocycles. The van der Waals surface area contributed by atoms with Gasteiger partial charge in [-0.15, -0.1) is 0 Å². The predicted octanol–water partition coefficient (Wildman–Crippen LogP) is 3.04. The van der Waals surface area contributed by atoms with E-state index >= 15 is 0 Å². The van der Waals surface area contributed by atoms with Crippen molar-refractivity contribution >= 4 is 22.5 Å². The molecule has 1 aliphatic rings. The zero-order valence-corrected chi connectivity index (χ0v) is 12.5. The van der Waals surface area contributed by atoms with Crippen molar-refractivity contribution in [2.24, 2.45) is 11.7 Å². The Morgan fingerprint density at radius 2 is 1.86 bits per heavy atom. The average Bonchev–Trinajstić information content (AvgIpc) is 2.44. The number of urea groups is 1. The van der Waals surface area contributed by atoms with Crippen molar-refractivity contribution in [1.82, 2.24) is 4.90 Å². The largest absolute Gasteiger partial charge is 0.322 e. The van der Waals surface area contributed by atoms with Gasteiger partial charge in [-0.3, -0.25) is 0 Å². The van der Waals surface area contributed by atoms with Crippen LogP contribution in [-0.2, 0) is 0 Å². The molecule has 0 radical (unpaired) electrons. The number of amides is 2. The second kappa shape index (κ2) is 5.04. The fourth-order valence-electron chi connectivity index (χ4n) is 2.70. The number of anilines is 1. The van der Waals surface area contributed by atoms with Crippen molar-refractivity contribution in [2.75, 3.05) is 18.4 Å². The number of fused-ring (bicyclic) bond motifs is 1. The third-order valence-electron chi connectivity index (χ3n) is 4.44. The Kier molecular flexibility index (Phi) is 3.33. The summed E-state index contributed by atoms with van der Waals surface area (Å²) in [5.74, 6) is 0.374. The number of hydrogen-bond donors (Lipinski definition) is 2. The van der Waals surface area contributed by atoms with Crippen molar-refractivity contribution in [2.45, 2.75) is 19.4 Å². The lowest BCUT2D eigenvalue weighted by atomic mass is 9.80. The SMILES string of the molecule is CC(C)C1(N)CN(C(=O)Nc2cccc3ccccc23)C1. The summed E-state index contributed by atoms with van der Waals surface area (Å²) in [6.45, 7) is 5.42. The highest BCUT2D eigenvalue weighted by molar-refractivity contribution is 6.01. The topological polar surface area (TPSA) is 58.4 Å². The van der Waals surface area contributed by atoms with Gasteiger partial charge < -0.3 is 16.0 Å². The maximum atomic E-state index is 12.3. The lowest BCUT2D eigenvalue weighted by Crippen LogP contribution is -2.71. The molecule has 4 nitrogen and oxygen atoms in total. The van der Waals surface area contributed by atoms with Crippen LogP contribution in [0.25, 0.3) is 10.8 Å². The van der Waals surface area contributed by atoms with Gasteiger partial charge >= 0.3 is 6.03 Å². The van der Waals surface area contributed by atoms with Gasteiger partial charge in [0.25, 0.3) is 0 Å². The van der Waals surface area contributed by atoms with Gasteiger partial charge in [0.1, 0.15) is 0 Å². The minimum atomic E-state index is -0.240. The number of nitrogens with two attached hydrogens (primary N) is 1. The highest BCUT2D eigenvalue weighted by atomic mass is 16.2. The number of nitrogens with one attached hydrogen (secondary N) is 1. The van der Waals surface area contributed by atoms with Crippen LogP contribution in [0.4, 0.5) is 10.5 Å². The lowest BCUT2D eigenvalue weighted by Gasteiger charge is -2.50. The maximum absolute atomic E-state index is 12.3. The number of carbonyl (C=O) groups excluding carboxylic acids is 1. The molecular formula is C17H21N3O. The van der Waals surface area contributed by atoms with Gasteiger partial charge in [-0.25, -0.2) is 4.79 Å². The van der Waals surface area contributed by atoms with E-state index < -0.39 is 0 Å². The number of carbonyl (C=O) groups is 1. The number of benzene rings is 2. The van der Waals surface area contributed by atoms with E-state index in [-0.39, 0.29) is 11.6 Å². The average molecular weight is 283 g/mol. The lowest BCUT2D eigenvalue weighted by molar-refractivity contribution is 0.0721. The Morgan fingerprint density at radius 3 is 2.57 bits per heavy atom. The fraction of sp³-hybridized carbons (Fsp3) is 0.353. The summed E-state index contributed by atoms with van der Waals surface area (Å²) < 4.78 is 0. The van der Waals surface area contributed by atoms with E-state index in [1.165, 1.54) is 0 Å². The van der Waals surface area contributed by atoms with Crippen LogP contribution in [0, 0.1) is 5.92 Å². The summed E-state index contributed by atoms with van der Waals surface area (Å²) in [6.07, 6.45) is 0. The Morgan fingerprint density at radius 1 is 1.19 bits per heavy atom. The van der Waals surface area contributed by atoms with E-state index in [1.54, 1.807) is 4.90 Å². The second-order valence-corrected chi connectivity index (χ2v) is 6.20. The van der Waals surface area contributed by atoms with Gasteiger partial charge in [0, 0.05) is 18.5 Å². The van der Waals surface area contributed by atoms with Crippen LogP contribution in [0.1, 0.15) is 13.8 Å². The number of likely N-dealkylation sites (tertiary alicyclic amines) is 1. The molecule has 1 heterocycles. The van der Waals surface area contributed by atoms with E-state index in [0.29, 0.717) is 19.0 Å². The third-order valence-corrected chi connectivity index (χ3v) is 4.44. The number of hydrogen-bond acceptors (Lipinski definition) is 2. The molecule has 2 amide bonds. The van der Waals surface area contributed by atoms with Crippen LogP contribution in [0.3, 0.4) is 0 Å². The molecule has 4 heteroatoms. The smallest absolute Gasteiger partial charge is 0.321 e. The first kappa shape index (κ1) is 13.9. The van der Waals surface area contributed by atoms with E-state index in [9.17, 15) is 4.79 Å². The van der Waals surface area contributed by atoms with Crippen molar-refractivity contribution in [3.63, 3.8) is 0 Å². The monoisotopic (exact) mass is 283 g/mol. The molecule has 21 heavy (non-hydrogen) atoms. The molecule has 0 bridgehead atoms. The first-order chi connectivity index (χ1) is 9.99. The van der Waals surface area contributed by atoms with E-state index in [4.69, 9.17) is 5.73 Å². The van der Waals surface area contributed by atoms with Gasteiger partial charge in [-0.1, -0.05) is 50.2 Å². The normalized spacial score (nSPS) is 16.9. The van der Waals surface area contributed by atoms with Gasteiger partial charge in [0.2, 0.25) is 0 Å². The fourth-order valence-corrected chi connectivity index (χ4v) is 2.70. The van der Waals surface area contributed by atoms with Crippen molar-refractivity contribution in [3.05, 3.63) is 42.5 Å². The molecule has 3 rings (SSSR count). The zero-order chi connectivity index (χ0) is 15.0. The minimum absolute atomic E-state index is 0.0759. The van der Waals surface area contributed by atoms with Crippen LogP contribution in [0.2, 0.25) is 0 Å². The summed E-state index contributed by atoms with van der Waals surface area (Å²) in [4.78, 5) is 14.1. The maximum Gasteiger partial charge on any atom is 0.321 e. The highest BCUT2D eigenvalue weighted by Crippen LogP contribution is 2.28. The molecule has 1 fully saturated rings. The molecule has 3 N–H and O–H groups in total. The molecular weight excluding hydrogens is 262 g/mol. The summed E-state index contributed by atoms with van der Waals surface area (Å²) in [6, 6.07) is 13.9. The van der Waals surface area contributed by atoms with Gasteiger partial charge in [0.15, 0.2) is 0 Å². The standard InChI is InChI=1S/C17H21N3O/c1-12(2)17(18)10-20(11-17)16(21)19-15-9-5-7-13-6-3-4-8-14(13)15/h3-9,12H,10-11,18H2,1-2H3,(H,19,21). The Labute approximate surface area is 124 Å². The van der Waals surface area contributed by atoms with Crippen LogP contribution < -0.4 is 11.1 Å². The Bertz CT molecular complexity index is 669. The molecule has 0 aromatic heterocycles. The molecule has 0 saturated carbocycles. The van der Waals surface area contributed by atoms with Crippen molar-refractivity contribution in [1.29, 1.82) is 0 Å². The van der Waals surface area contributed by atoms with Crippen molar-refractivity contribution in [3.8, 4) is 0 Å². The molecule has 0 unspecified atom stereocenters. The first-order valence-corrected chi connectivity index (χ1v) is 7.32. The van der Waals surface area contributed by atoms with Crippen LogP contribution >= 0.6 is 0 Å². The summed E-state index contributed by atoms with van der Waals surface area (Å²) in [5.41, 5.74) is 6.84. The molecule has 0 spiro atoms. The predicted molar refractivity (Wildman–Crippen MR) is 86.3 cm³/mol. The molecule has 2 aromatic rings. The van der Waals surface area contributed by atoms with Gasteiger partial charge in [0.05, 0.1) is 11.2 Å². The van der Waals surface area contributed by atoms with E-state index in [0.717, 1.165) is 16.5 Å². The van der Waals surface area contributed by atoms with Crippen LogP contribution in [0.5, 0.6) is 0 Å². The molecule has 0 aliphatic carbocycles. The second-order valence-electron chi connectivity index (χ2n) is 6.20. The highest BCUT2D eigenvalue weighted by Gasteiger charge is 2.44. The van der Waals surface area contributed by atoms with Gasteiger partial charge in [-0.05, 0) is 17.4 Å². The number of rotatable bonds is 2. The van der Waals surface area contributed by atoms with Gasteiger partial charge in [-0.2, -0.15) is 0 Å². The zero-order valence-electron chi connectivity index (χ0n) is 12.5. The third kappa shape index (κ3) is 2.47. The molecule has 110 valence electrons. The summed E-state index contributed by atoms with van der Waals surface area (Å²) >= 11 is 0. The first-order valence-electron chi connectivity index (χ1n) is 7.32. The Balaban J connectivity index is 1.74. The van der Waals surface area contributed by atoms with E-state index in [1.807, 2.05) is 42.5 Å². The van der Waals surface area contributed by atoms with Crippen molar-refractivity contribution < 1.29 is 4.79 Å². The molecule has 1 saturated heterocycles. The summed E-state index contributed by atoms with van der Waals surface area (Å²) in [7, 11) is 0. The number of nitrogens with zero attached hydrogens (tertiary/aromatic N) is 1. The molecule has 0 atom stereocenters. The quantitative estimate of drug-likeness (QED) is 0.890. The van der Waals surface area contributed by atoms with E-state index in [2.05, 4.69) is 19.2 Å². The van der Waals surface area contributed by atoms with Crippen LogP contribution in [0.15, 0.2) is 42.5 Å². The van der Waals surface area contributed by atoms with Crippen LogP contribution in [-0.4, -0.2) is 29.6 Å². The Hall–Kier alpha value is -2.07. The molecule has 2 aromatic carbocycles.